The lowest BCUT2D eigenvalue weighted by Crippen LogP contribution is -2.14. The van der Waals surface area contributed by atoms with Crippen molar-refractivity contribution in [1.82, 2.24) is 0 Å². The first kappa shape index (κ1) is 54.8. The number of hydrogen-bond acceptors (Lipinski definition) is 2. The molecular formula is C55H103O3. The molecule has 0 spiro atoms. The van der Waals surface area contributed by atoms with Crippen molar-refractivity contribution in [3.63, 3.8) is 0 Å². The van der Waals surface area contributed by atoms with E-state index in [0.717, 1.165) is 30.3 Å². The monoisotopic (exact) mass is 812 g/mol. The van der Waals surface area contributed by atoms with E-state index in [1.54, 1.807) is 0 Å². The average molecular weight is 812 g/mol. The summed E-state index contributed by atoms with van der Waals surface area (Å²) in [6.07, 6.45) is 54.6. The minimum absolute atomic E-state index is 0.240. The molecule has 0 aliphatic rings. The summed E-state index contributed by atoms with van der Waals surface area (Å²) in [7, 11) is 0. The topological polar surface area (TPSA) is 38.4 Å². The zero-order chi connectivity index (χ0) is 41.8. The molecule has 0 aliphatic heterocycles. The number of rotatable bonds is 47. The molecule has 2 unspecified atom stereocenters. The second kappa shape index (κ2) is 43.9. The number of unbranched alkanes of at least 4 members (excludes halogenated alkanes) is 32. The van der Waals surface area contributed by atoms with Crippen molar-refractivity contribution in [2.45, 2.75) is 291 Å². The van der Waals surface area contributed by atoms with E-state index in [4.69, 9.17) is 9.47 Å². The van der Waals surface area contributed by atoms with Gasteiger partial charge in [-0.25, -0.2) is 5.11 Å². The fourth-order valence-corrected chi connectivity index (χ4v) is 8.90. The Bertz CT molecular complexity index is 945. The first-order chi connectivity index (χ1) is 28.7. The summed E-state index contributed by atoms with van der Waals surface area (Å²) in [5.41, 5.74) is 0.776. The molecule has 1 rings (SSSR count). The number of benzene rings is 1. The van der Waals surface area contributed by atoms with Gasteiger partial charge in [-0.3, -0.25) is 0 Å². The highest BCUT2D eigenvalue weighted by Crippen LogP contribution is 2.29. The standard InChI is InChI=1S/C55H103O3/c1-5-9-13-17-21-25-27-31-35-38-42-51(41-37-33-29-23-19-15-11-7-3)49-57-54-46-45-53(48-56)55(47-54)58-50-52(43-39-34-30-24-20-16-12-8-4)44-40-36-32-28-26-22-18-14-10-6-2/h45-47,51-52H,5-44,48-50H2,1-4H3. The maximum atomic E-state index is 12.3. The lowest BCUT2D eigenvalue weighted by Gasteiger charge is -2.21. The molecule has 0 fully saturated rings. The largest absolute Gasteiger partial charge is 0.493 e. The minimum atomic E-state index is -0.240. The molecule has 341 valence electrons. The quantitative estimate of drug-likeness (QED) is 0.0615. The van der Waals surface area contributed by atoms with Gasteiger partial charge in [0, 0.05) is 11.6 Å². The van der Waals surface area contributed by atoms with Gasteiger partial charge < -0.3 is 9.47 Å². The van der Waals surface area contributed by atoms with Gasteiger partial charge >= 0.3 is 0 Å². The Hall–Kier alpha value is -1.22. The van der Waals surface area contributed by atoms with Crippen LogP contribution in [0.15, 0.2) is 18.2 Å². The van der Waals surface area contributed by atoms with Gasteiger partial charge in [-0.15, -0.1) is 0 Å². The van der Waals surface area contributed by atoms with Crippen LogP contribution in [-0.4, -0.2) is 13.2 Å². The molecule has 0 heterocycles. The molecule has 3 nitrogen and oxygen atoms in total. The molecule has 0 bridgehead atoms. The highest BCUT2D eigenvalue weighted by molar-refractivity contribution is 5.40. The number of hydrogen-bond donors (Lipinski definition) is 0. The maximum Gasteiger partial charge on any atom is 0.128 e. The van der Waals surface area contributed by atoms with E-state index >= 15 is 0 Å². The first-order valence-corrected chi connectivity index (χ1v) is 26.6. The predicted octanol–water partition coefficient (Wildman–Crippen LogP) is 19.3. The van der Waals surface area contributed by atoms with E-state index in [0.29, 0.717) is 11.8 Å². The van der Waals surface area contributed by atoms with Gasteiger partial charge in [0.15, 0.2) is 0 Å². The molecule has 0 amide bonds. The Kier molecular flexibility index (Phi) is 41.4. The Labute approximate surface area is 364 Å². The van der Waals surface area contributed by atoms with Crippen LogP contribution in [0.1, 0.15) is 290 Å². The highest BCUT2D eigenvalue weighted by Gasteiger charge is 2.15. The van der Waals surface area contributed by atoms with Crippen molar-refractivity contribution >= 4 is 0 Å². The zero-order valence-corrected chi connectivity index (χ0v) is 40.0. The van der Waals surface area contributed by atoms with Crippen molar-refractivity contribution in [1.29, 1.82) is 0 Å². The van der Waals surface area contributed by atoms with Crippen molar-refractivity contribution < 1.29 is 14.6 Å². The van der Waals surface area contributed by atoms with Crippen molar-refractivity contribution in [2.24, 2.45) is 11.8 Å². The van der Waals surface area contributed by atoms with Crippen molar-refractivity contribution in [3.8, 4) is 11.5 Å². The van der Waals surface area contributed by atoms with Crippen LogP contribution < -0.4 is 9.47 Å². The molecule has 58 heavy (non-hydrogen) atoms. The van der Waals surface area contributed by atoms with Crippen LogP contribution in [0.3, 0.4) is 0 Å². The summed E-state index contributed by atoms with van der Waals surface area (Å²) in [5, 5.41) is 12.3. The van der Waals surface area contributed by atoms with Crippen LogP contribution in [-0.2, 0) is 11.7 Å². The fraction of sp³-hybridized carbons (Fsp3) is 0.891. The highest BCUT2D eigenvalue weighted by atomic mass is 16.5. The molecule has 1 radical (unpaired) electrons. The third-order valence-electron chi connectivity index (χ3n) is 13.0. The van der Waals surface area contributed by atoms with Crippen molar-refractivity contribution in [2.75, 3.05) is 13.2 Å². The van der Waals surface area contributed by atoms with Crippen LogP contribution in [0.4, 0.5) is 0 Å². The molecule has 0 N–H and O–H groups in total. The molecule has 1 aromatic carbocycles. The summed E-state index contributed by atoms with van der Waals surface area (Å²) >= 11 is 0. The van der Waals surface area contributed by atoms with E-state index in [9.17, 15) is 5.11 Å². The summed E-state index contributed by atoms with van der Waals surface area (Å²) in [5.74, 6) is 2.82. The molecule has 0 aromatic heterocycles. The molecule has 2 atom stereocenters. The summed E-state index contributed by atoms with van der Waals surface area (Å²) in [6, 6.07) is 6.05. The van der Waals surface area contributed by atoms with E-state index < -0.39 is 0 Å². The summed E-state index contributed by atoms with van der Waals surface area (Å²) in [6.45, 7) is 10.5. The third-order valence-corrected chi connectivity index (χ3v) is 13.0. The maximum absolute atomic E-state index is 12.3. The van der Waals surface area contributed by atoms with Crippen LogP contribution in [0.2, 0.25) is 0 Å². The lowest BCUT2D eigenvalue weighted by atomic mass is 9.94. The van der Waals surface area contributed by atoms with Gasteiger partial charge in [0.05, 0.1) is 13.2 Å². The van der Waals surface area contributed by atoms with Gasteiger partial charge in [0.25, 0.3) is 0 Å². The van der Waals surface area contributed by atoms with Crippen LogP contribution >= 0.6 is 0 Å². The molecule has 0 saturated carbocycles. The van der Waals surface area contributed by atoms with Crippen LogP contribution in [0.5, 0.6) is 11.5 Å². The van der Waals surface area contributed by atoms with E-state index in [-0.39, 0.29) is 6.61 Å². The fourth-order valence-electron chi connectivity index (χ4n) is 8.90. The average Bonchev–Trinajstić information content (AvgIpc) is 3.24. The molecule has 0 saturated heterocycles. The molecular weight excluding hydrogens is 709 g/mol. The van der Waals surface area contributed by atoms with Crippen LogP contribution in [0.25, 0.3) is 0 Å². The smallest absolute Gasteiger partial charge is 0.128 e. The zero-order valence-electron chi connectivity index (χ0n) is 40.0. The first-order valence-electron chi connectivity index (χ1n) is 26.6. The molecule has 0 aliphatic carbocycles. The van der Waals surface area contributed by atoms with Gasteiger partial charge in [0.2, 0.25) is 0 Å². The van der Waals surface area contributed by atoms with Gasteiger partial charge in [-0.2, -0.15) is 0 Å². The Morgan fingerprint density at radius 1 is 0.362 bits per heavy atom. The summed E-state index contributed by atoms with van der Waals surface area (Å²) < 4.78 is 13.2. The predicted molar refractivity (Wildman–Crippen MR) is 256 cm³/mol. The number of ether oxygens (including phenoxy) is 2. The molecule has 3 heteroatoms. The second-order valence-corrected chi connectivity index (χ2v) is 18.7. The van der Waals surface area contributed by atoms with Crippen molar-refractivity contribution in [3.05, 3.63) is 23.8 Å². The van der Waals surface area contributed by atoms with Crippen LogP contribution in [0, 0.1) is 11.8 Å². The van der Waals surface area contributed by atoms with E-state index in [1.807, 2.05) is 12.1 Å². The second-order valence-electron chi connectivity index (χ2n) is 18.7. The Balaban J connectivity index is 2.70. The minimum Gasteiger partial charge on any atom is -0.493 e. The van der Waals surface area contributed by atoms with Gasteiger partial charge in [0.1, 0.15) is 18.1 Å². The Morgan fingerprint density at radius 2 is 0.638 bits per heavy atom. The van der Waals surface area contributed by atoms with Gasteiger partial charge in [-0.1, -0.05) is 259 Å². The third kappa shape index (κ3) is 34.5. The SMILES string of the molecule is CCCCCCCCCCCCC(CCCCCCCCCC)COc1ccc(C[O])c(OCC(CCCCCCCCCC)CCCCCCCCCCCC)c1. The van der Waals surface area contributed by atoms with E-state index in [2.05, 4.69) is 33.8 Å². The molecule has 1 aromatic rings. The van der Waals surface area contributed by atoms with Gasteiger partial charge in [-0.05, 0) is 49.7 Å². The normalized spacial score (nSPS) is 12.6. The summed E-state index contributed by atoms with van der Waals surface area (Å²) in [4.78, 5) is 0. The lowest BCUT2D eigenvalue weighted by molar-refractivity contribution is 0.167. The Morgan fingerprint density at radius 3 is 0.931 bits per heavy atom. The van der Waals surface area contributed by atoms with E-state index in [1.165, 1.54) is 257 Å².